The van der Waals surface area contributed by atoms with E-state index in [4.69, 9.17) is 44.0 Å². The van der Waals surface area contributed by atoms with Gasteiger partial charge in [0, 0.05) is 70.6 Å². The van der Waals surface area contributed by atoms with Crippen molar-refractivity contribution in [1.82, 2.24) is 105 Å². The lowest BCUT2D eigenvalue weighted by Gasteiger charge is -2.32. The molecule has 3 heterocycles. The van der Waals surface area contributed by atoms with Gasteiger partial charge in [0.1, 0.15) is 96.7 Å². The van der Waals surface area contributed by atoms with Gasteiger partial charge in [0.25, 0.3) is 5.97 Å². The number of hydrogen-bond donors (Lipinski definition) is 28. The van der Waals surface area contributed by atoms with Gasteiger partial charge < -0.3 is 154 Å². The first-order valence-electron chi connectivity index (χ1n) is 46.7. The number of nitrogens with zero attached hydrogens (tertiary/aromatic N) is 3. The van der Waals surface area contributed by atoms with Crippen LogP contribution in [0.15, 0.2) is 73.2 Å². The molecule has 20 amide bonds. The molecule has 1 aromatic heterocycles. The lowest BCUT2D eigenvalue weighted by atomic mass is 10.0. The molecule has 2 aliphatic heterocycles. The molecule has 0 spiro atoms. The summed E-state index contributed by atoms with van der Waals surface area (Å²) in [5, 5.41) is 96.2. The molecular weight excluding hydrogens is 1940 g/mol. The van der Waals surface area contributed by atoms with Crippen molar-refractivity contribution in [3.63, 3.8) is 0 Å². The van der Waals surface area contributed by atoms with Crippen molar-refractivity contribution >= 4 is 160 Å². The van der Waals surface area contributed by atoms with E-state index in [2.05, 4.69) is 95.0 Å². The first-order chi connectivity index (χ1) is 68.5. The van der Waals surface area contributed by atoms with Crippen LogP contribution in [-0.2, 0) is 125 Å². The zero-order valence-corrected chi connectivity index (χ0v) is 83.5. The highest BCUT2D eigenvalue weighted by atomic mass is 32.2. The van der Waals surface area contributed by atoms with E-state index in [0.717, 1.165) is 25.7 Å². The highest BCUT2D eigenvalue weighted by molar-refractivity contribution is 7.98. The van der Waals surface area contributed by atoms with Crippen LogP contribution < -0.4 is 114 Å². The number of aliphatic carboxylic acids is 2. The number of guanidine groups is 1. The average molecular weight is 2080 g/mol. The third-order valence-corrected chi connectivity index (χ3v) is 23.8. The molecular formula is C90H138N26O27S2. The molecule has 2 aromatic carbocycles. The van der Waals surface area contributed by atoms with Gasteiger partial charge >= 0.3 is 5.97 Å². The van der Waals surface area contributed by atoms with Crippen LogP contribution in [0.4, 0.5) is 0 Å². The van der Waals surface area contributed by atoms with Gasteiger partial charge in [-0.2, -0.15) is 23.5 Å². The molecule has 53 nitrogen and oxygen atoms in total. The fourth-order valence-corrected chi connectivity index (χ4v) is 15.9. The molecule has 0 saturated carbocycles. The molecule has 802 valence electrons. The van der Waals surface area contributed by atoms with Gasteiger partial charge in [0.15, 0.2) is 5.96 Å². The fraction of sp³-hybridized carbons (Fsp3) is 0.578. The number of carbonyl (C=O) groups excluding carboxylic acids is 20. The Morgan fingerprint density at radius 3 is 1.33 bits per heavy atom. The molecule has 0 unspecified atom stereocenters. The number of H-pyrrole nitrogens is 1. The van der Waals surface area contributed by atoms with E-state index in [0.29, 0.717) is 11.1 Å². The molecule has 18 atom stereocenters. The van der Waals surface area contributed by atoms with E-state index in [1.165, 1.54) is 47.9 Å². The van der Waals surface area contributed by atoms with E-state index in [9.17, 15) is 116 Å². The van der Waals surface area contributed by atoms with Crippen molar-refractivity contribution in [3.05, 3.63) is 90.0 Å². The van der Waals surface area contributed by atoms with Gasteiger partial charge in [-0.25, -0.2) is 4.98 Å². The Labute approximate surface area is 844 Å². The van der Waals surface area contributed by atoms with Gasteiger partial charge in [0.2, 0.25) is 118 Å². The molecule has 3 aromatic rings. The summed E-state index contributed by atoms with van der Waals surface area (Å²) in [5.74, 6) is -22.2. The number of benzene rings is 2. The summed E-state index contributed by atoms with van der Waals surface area (Å²) in [4.78, 5) is 306. The quantitative estimate of drug-likeness (QED) is 0.0142. The first kappa shape index (κ1) is 123. The highest BCUT2D eigenvalue weighted by Crippen LogP contribution is 2.24. The van der Waals surface area contributed by atoms with E-state index in [1.807, 2.05) is 0 Å². The molecule has 5 rings (SSSR count). The second-order valence-corrected chi connectivity index (χ2v) is 36.8. The number of likely N-dealkylation sites (tertiary alicyclic amines) is 2. The van der Waals surface area contributed by atoms with E-state index >= 15 is 4.79 Å². The van der Waals surface area contributed by atoms with Crippen molar-refractivity contribution in [2.24, 2.45) is 34.6 Å². The molecule has 2 saturated heterocycles. The van der Waals surface area contributed by atoms with Crippen LogP contribution in [0, 0.1) is 11.3 Å². The van der Waals surface area contributed by atoms with Gasteiger partial charge in [0.05, 0.1) is 44.7 Å². The van der Waals surface area contributed by atoms with Crippen LogP contribution in [0.5, 0.6) is 0 Å². The monoisotopic (exact) mass is 2080 g/mol. The molecule has 0 radical (unpaired) electrons. The number of nitrogens with one attached hydrogen (secondary N) is 18. The van der Waals surface area contributed by atoms with E-state index in [-0.39, 0.29) is 126 Å². The molecule has 2 aliphatic rings. The standard InChI is InChI=1S/C88H134N26O25S2.C2H4O2/c1-45(2)35-60(86(138)113-31-15-22-64(113)83(135)103-53(24-26-66(90)118)76(128)100-52(21-14-30-96-88(93)94)75(127)105-57(71(92)123)36-49-17-10-8-11-18-49)108-82(134)63(43-116)111-84(136)65-23-16-32-114(65)87(139)61(37-50-19-12-9-13-20-50)109-79(131)58(38-51-40-95-44-98-51)107-81(133)62(42-115)110-78(130)56(29-34-141-7)104-85(137)70(48(5)117)112-68(120)41-97-73(125)47(4)99-74(126)54(25-27-69(121)122)101-77(129)55(28-33-140-6)102-80(132)59(39-67(91)119)106-72(124)46(3)89;1-2(3)4/h8-13,17-20,40,44-48,52-65,70,115-117H,14-16,21-39,41-43,89H2,1-7H3,(H2,90,118)(H2,91,119)(H2,92,123)(H,95,98)(H,97,125)(H,99,126)(H,100,128)(H,101,129)(H,102,132)(H,103,135)(H,104,137)(H,105,127)(H,106,124)(H,107,133)(H,108,134)(H,109,131)(H,110,130)(H,111,136)(H,112,120)(H,121,122)(H4,93,94,96);1H3,(H,3,4)/t46-,47-,48+,52-,53-,54-,55-,56-,57-,58-,59-,60-,61-,62-,63-,64-,65-,70-;/m0./s1. The van der Waals surface area contributed by atoms with Crippen molar-refractivity contribution in [3.8, 4) is 0 Å². The predicted octanol–water partition coefficient (Wildman–Crippen LogP) is -9.55. The van der Waals surface area contributed by atoms with Crippen molar-refractivity contribution in [2.45, 2.75) is 260 Å². The summed E-state index contributed by atoms with van der Waals surface area (Å²) in [6.45, 7) is 4.92. The van der Waals surface area contributed by atoms with Gasteiger partial charge in [-0.15, -0.1) is 0 Å². The van der Waals surface area contributed by atoms with Crippen molar-refractivity contribution in [1.29, 1.82) is 5.41 Å². The number of carbonyl (C=O) groups is 22. The number of aliphatic hydroxyl groups excluding tert-OH is 3. The number of primary amides is 3. The Kier molecular flexibility index (Phi) is 54.1. The molecule has 33 N–H and O–H groups in total. The van der Waals surface area contributed by atoms with Gasteiger partial charge in [-0.3, -0.25) is 111 Å². The minimum atomic E-state index is -1.90. The lowest BCUT2D eigenvalue weighted by Crippen LogP contribution is -2.62. The number of amides is 20. The third kappa shape index (κ3) is 44.3. The van der Waals surface area contributed by atoms with Crippen LogP contribution in [0.3, 0.4) is 0 Å². The largest absolute Gasteiger partial charge is 0.481 e. The molecule has 2 fully saturated rings. The second-order valence-electron chi connectivity index (χ2n) is 34.9. The Morgan fingerprint density at radius 1 is 0.469 bits per heavy atom. The number of imidazole rings is 1. The van der Waals surface area contributed by atoms with Crippen LogP contribution in [0.1, 0.15) is 148 Å². The fourth-order valence-electron chi connectivity index (χ4n) is 15.0. The van der Waals surface area contributed by atoms with Gasteiger partial charge in [-0.1, -0.05) is 74.5 Å². The first-order valence-corrected chi connectivity index (χ1v) is 49.5. The summed E-state index contributed by atoms with van der Waals surface area (Å²) in [5.41, 5.74) is 29.0. The minimum Gasteiger partial charge on any atom is -0.481 e. The normalized spacial score (nSPS) is 16.4. The van der Waals surface area contributed by atoms with Gasteiger partial charge in [-0.05, 0) is 132 Å². The maximum absolute atomic E-state index is 15.2. The Morgan fingerprint density at radius 2 is 0.876 bits per heavy atom. The number of aliphatic hydroxyl groups is 3. The summed E-state index contributed by atoms with van der Waals surface area (Å²) < 4.78 is 0. The SMILES string of the molecule is CC(=O)O.CSCC[C@H](NC(=O)[C@H](CC(N)=O)NC(=O)[C@H](C)N)C(=O)N[C@@H](CCC(=O)O)C(=O)N[C@@H](C)C(=O)NCC(=O)N[C@H](C(=O)N[C@@H](CCSC)C(=O)N[C@@H](CO)C(=O)N[C@@H](Cc1cnc[nH]1)C(=O)N[C@@H](Cc1ccccc1)C(=O)N1CCC[C@H]1C(=O)N[C@@H](CO)C(=O)N[C@@H](CC(C)C)C(=O)N1CCC[C@H]1C(=O)N[C@@H](CCC(N)=O)C(=O)N[C@@H](CCCNC(=N)N)C(=O)N[C@@H](Cc1ccccc1)C(N)=O)[C@@H](C)O. The smallest absolute Gasteiger partial charge is 0.303 e. The summed E-state index contributed by atoms with van der Waals surface area (Å²) >= 11 is 2.46. The molecule has 145 heavy (non-hydrogen) atoms. The Balaban J connectivity index is 0.0000107. The number of carboxylic acid groups (broad SMARTS) is 2. The maximum atomic E-state index is 15.2. The molecule has 0 bridgehead atoms. The molecule has 0 aliphatic carbocycles. The predicted molar refractivity (Wildman–Crippen MR) is 523 cm³/mol. The number of carboxylic acids is 2. The summed E-state index contributed by atoms with van der Waals surface area (Å²) in [7, 11) is 0. The number of rotatable bonds is 62. The lowest BCUT2D eigenvalue weighted by molar-refractivity contribution is -0.144. The Hall–Kier alpha value is -14.2. The number of nitrogens with two attached hydrogens (primary N) is 5. The Bertz CT molecular complexity index is 4910. The highest BCUT2D eigenvalue weighted by Gasteiger charge is 2.45. The topological polar surface area (TPSA) is 858 Å². The van der Waals surface area contributed by atoms with E-state index < -0.39 is 291 Å². The average Bonchev–Trinajstić information content (AvgIpc) is 1.75. The second kappa shape index (κ2) is 63.7. The minimum absolute atomic E-state index is 0.0128. The summed E-state index contributed by atoms with van der Waals surface area (Å²) in [6, 6.07) is -9.14. The third-order valence-electron chi connectivity index (χ3n) is 22.5. The number of thioether (sulfide) groups is 2. The number of hydrogen-bond acceptors (Lipinski definition) is 30. The van der Waals surface area contributed by atoms with Crippen molar-refractivity contribution in [2.75, 3.05) is 63.4 Å². The number of aromatic amines is 1. The van der Waals surface area contributed by atoms with Crippen LogP contribution in [-0.4, -0.2) is 354 Å². The molecule has 55 heteroatoms. The van der Waals surface area contributed by atoms with Crippen LogP contribution in [0.2, 0.25) is 0 Å². The van der Waals surface area contributed by atoms with Crippen molar-refractivity contribution < 1.29 is 131 Å². The van der Waals surface area contributed by atoms with E-state index in [1.54, 1.807) is 87.0 Å². The zero-order valence-electron chi connectivity index (χ0n) is 81.8. The van der Waals surface area contributed by atoms with Crippen LogP contribution in [0.25, 0.3) is 0 Å². The zero-order chi connectivity index (χ0) is 108. The number of aromatic nitrogens is 2. The maximum Gasteiger partial charge on any atom is 0.303 e. The van der Waals surface area contributed by atoms with Crippen LogP contribution >= 0.6 is 23.5 Å². The summed E-state index contributed by atoms with van der Waals surface area (Å²) in [6.07, 6.45) is 0.921.